The molecule has 5 nitrogen and oxygen atoms in total. The molecule has 7 heteroatoms. The van der Waals surface area contributed by atoms with Gasteiger partial charge in [-0.25, -0.2) is 8.78 Å². The van der Waals surface area contributed by atoms with Crippen LogP contribution in [0.2, 0.25) is 0 Å². The molecule has 2 heterocycles. The van der Waals surface area contributed by atoms with Crippen LogP contribution in [0.25, 0.3) is 21.9 Å². The van der Waals surface area contributed by atoms with E-state index in [1.54, 1.807) is 7.11 Å². The monoisotopic (exact) mass is 397 g/mol. The zero-order chi connectivity index (χ0) is 20.5. The fraction of sp³-hybridized carbons (Fsp3) is 0.227. The van der Waals surface area contributed by atoms with Crippen molar-refractivity contribution in [3.63, 3.8) is 0 Å². The van der Waals surface area contributed by atoms with Crippen LogP contribution in [0.5, 0.6) is 0 Å². The highest BCUT2D eigenvalue weighted by Crippen LogP contribution is 2.31. The molecular weight excluding hydrogens is 376 g/mol. The van der Waals surface area contributed by atoms with Crippen LogP contribution in [-0.4, -0.2) is 28.8 Å². The summed E-state index contributed by atoms with van der Waals surface area (Å²) in [4.78, 5) is 12.9. The number of methoxy groups -OCH3 is 1. The molecule has 0 saturated heterocycles. The number of para-hydroxylation sites is 1. The molecule has 0 unspecified atom stereocenters. The summed E-state index contributed by atoms with van der Waals surface area (Å²) in [6.45, 7) is 0.980. The molecule has 0 aliphatic rings. The van der Waals surface area contributed by atoms with E-state index in [9.17, 15) is 13.6 Å². The van der Waals surface area contributed by atoms with Gasteiger partial charge in [-0.3, -0.25) is 4.79 Å². The van der Waals surface area contributed by atoms with Gasteiger partial charge in [0.2, 0.25) is 0 Å². The van der Waals surface area contributed by atoms with Gasteiger partial charge in [0, 0.05) is 38.7 Å². The van der Waals surface area contributed by atoms with Crippen LogP contribution in [0.15, 0.2) is 48.5 Å². The molecule has 0 saturated carbocycles. The van der Waals surface area contributed by atoms with Crippen molar-refractivity contribution >= 4 is 27.8 Å². The molecule has 0 bridgehead atoms. The minimum Gasteiger partial charge on any atom is -0.383 e. The van der Waals surface area contributed by atoms with Crippen molar-refractivity contribution in [3.05, 3.63) is 71.4 Å². The van der Waals surface area contributed by atoms with Crippen LogP contribution < -0.4 is 5.32 Å². The first kappa shape index (κ1) is 19.1. The summed E-state index contributed by atoms with van der Waals surface area (Å²) >= 11 is 0. The summed E-state index contributed by atoms with van der Waals surface area (Å²) in [6.07, 6.45) is 0. The lowest BCUT2D eigenvalue weighted by Gasteiger charge is -2.11. The van der Waals surface area contributed by atoms with Gasteiger partial charge in [0.05, 0.1) is 23.2 Å². The summed E-state index contributed by atoms with van der Waals surface area (Å²) in [6, 6.07) is 13.1. The van der Waals surface area contributed by atoms with E-state index in [1.165, 1.54) is 12.1 Å². The van der Waals surface area contributed by atoms with E-state index in [0.29, 0.717) is 24.4 Å². The van der Waals surface area contributed by atoms with Crippen LogP contribution in [-0.2, 0) is 24.9 Å². The number of aryl methyl sites for hydroxylation is 1. The lowest BCUT2D eigenvalue weighted by Crippen LogP contribution is -2.26. The number of fused-ring (bicyclic) bond motifs is 3. The molecule has 4 rings (SSSR count). The molecule has 0 fully saturated rings. The van der Waals surface area contributed by atoms with Crippen molar-refractivity contribution in [2.75, 3.05) is 13.7 Å². The third-order valence-electron chi connectivity index (χ3n) is 5.09. The number of carbonyl (C=O) groups excluding carboxylic acids is 1. The van der Waals surface area contributed by atoms with Crippen molar-refractivity contribution in [3.8, 4) is 0 Å². The summed E-state index contributed by atoms with van der Waals surface area (Å²) in [7, 11) is 3.57. The van der Waals surface area contributed by atoms with Gasteiger partial charge in [0.25, 0.3) is 5.91 Å². The largest absolute Gasteiger partial charge is 0.383 e. The fourth-order valence-corrected chi connectivity index (χ4v) is 3.76. The van der Waals surface area contributed by atoms with Crippen LogP contribution in [0.4, 0.5) is 8.78 Å². The predicted molar refractivity (Wildman–Crippen MR) is 108 cm³/mol. The molecule has 4 aromatic rings. The number of aromatic nitrogens is 2. The number of nitrogens with zero attached hydrogens (tertiary/aromatic N) is 2. The van der Waals surface area contributed by atoms with Crippen molar-refractivity contribution in [2.45, 2.75) is 13.1 Å². The topological polar surface area (TPSA) is 48.2 Å². The summed E-state index contributed by atoms with van der Waals surface area (Å²) in [5.74, 6) is -1.66. The Balaban J connectivity index is 1.72. The predicted octanol–water partition coefficient (Wildman–Crippen LogP) is 3.99. The quantitative estimate of drug-likeness (QED) is 0.535. The third-order valence-corrected chi connectivity index (χ3v) is 5.09. The van der Waals surface area contributed by atoms with E-state index in [0.717, 1.165) is 28.0 Å². The highest BCUT2D eigenvalue weighted by molar-refractivity contribution is 6.10. The summed E-state index contributed by atoms with van der Waals surface area (Å²) < 4.78 is 36.0. The number of hydrogen-bond donors (Lipinski definition) is 1. The molecule has 2 aromatic heterocycles. The standard InChI is InChI=1S/C22H21F2N3O2/c1-26-18-6-4-3-5-17(18)21-19(26)12-20(27(21)7-8-29-2)22(28)25-13-14-9-15(23)11-16(24)10-14/h3-6,9-12H,7-8,13H2,1-2H3,(H,25,28). The summed E-state index contributed by atoms with van der Waals surface area (Å²) in [5, 5.41) is 3.81. The zero-order valence-corrected chi connectivity index (χ0v) is 16.2. The van der Waals surface area contributed by atoms with Crippen LogP contribution in [0.1, 0.15) is 16.1 Å². The van der Waals surface area contributed by atoms with Crippen molar-refractivity contribution < 1.29 is 18.3 Å². The smallest absolute Gasteiger partial charge is 0.268 e. The highest BCUT2D eigenvalue weighted by atomic mass is 19.1. The van der Waals surface area contributed by atoms with Gasteiger partial charge in [-0.15, -0.1) is 0 Å². The number of amides is 1. The second kappa shape index (κ2) is 7.67. The normalized spacial score (nSPS) is 11.4. The second-order valence-corrected chi connectivity index (χ2v) is 6.94. The zero-order valence-electron chi connectivity index (χ0n) is 16.2. The number of nitrogens with one attached hydrogen (secondary N) is 1. The number of carbonyl (C=O) groups is 1. The molecule has 150 valence electrons. The minimum atomic E-state index is -0.671. The molecule has 29 heavy (non-hydrogen) atoms. The van der Waals surface area contributed by atoms with Gasteiger partial charge in [0.1, 0.15) is 17.3 Å². The first-order valence-corrected chi connectivity index (χ1v) is 9.28. The lowest BCUT2D eigenvalue weighted by atomic mass is 10.2. The number of halogens is 2. The second-order valence-electron chi connectivity index (χ2n) is 6.94. The van der Waals surface area contributed by atoms with Gasteiger partial charge in [-0.05, 0) is 29.8 Å². The number of benzene rings is 2. The van der Waals surface area contributed by atoms with Gasteiger partial charge < -0.3 is 19.2 Å². The van der Waals surface area contributed by atoms with E-state index in [4.69, 9.17) is 4.74 Å². The Bertz CT molecular complexity index is 1190. The number of hydrogen-bond acceptors (Lipinski definition) is 2. The van der Waals surface area contributed by atoms with Gasteiger partial charge in [0.15, 0.2) is 0 Å². The molecule has 2 aromatic carbocycles. The molecule has 0 radical (unpaired) electrons. The molecule has 1 amide bonds. The first-order valence-electron chi connectivity index (χ1n) is 9.28. The van der Waals surface area contributed by atoms with Gasteiger partial charge in [-0.1, -0.05) is 18.2 Å². The lowest BCUT2D eigenvalue weighted by molar-refractivity contribution is 0.0939. The molecule has 1 N–H and O–H groups in total. The average molecular weight is 397 g/mol. The molecule has 0 aliphatic heterocycles. The Kier molecular flexibility index (Phi) is 5.07. The van der Waals surface area contributed by atoms with E-state index in [2.05, 4.69) is 5.32 Å². The Morgan fingerprint density at radius 1 is 1.07 bits per heavy atom. The number of ether oxygens (including phenoxy) is 1. The molecule has 0 aliphatic carbocycles. The molecule has 0 atom stereocenters. The van der Waals surface area contributed by atoms with E-state index < -0.39 is 11.6 Å². The van der Waals surface area contributed by atoms with Crippen molar-refractivity contribution in [2.24, 2.45) is 7.05 Å². The Hall–Kier alpha value is -3.19. The summed E-state index contributed by atoms with van der Waals surface area (Å²) in [5.41, 5.74) is 3.81. The SMILES string of the molecule is COCCn1c(C(=O)NCc2cc(F)cc(F)c2)cc2c1c1ccccc1n2C. The van der Waals surface area contributed by atoms with Gasteiger partial charge in [-0.2, -0.15) is 0 Å². The van der Waals surface area contributed by atoms with Crippen molar-refractivity contribution in [1.29, 1.82) is 0 Å². The molecule has 0 spiro atoms. The van der Waals surface area contributed by atoms with E-state index in [-0.39, 0.29) is 12.5 Å². The van der Waals surface area contributed by atoms with Crippen LogP contribution in [0, 0.1) is 11.6 Å². The Morgan fingerprint density at radius 3 is 2.52 bits per heavy atom. The Labute approximate surface area is 166 Å². The third kappa shape index (κ3) is 3.49. The van der Waals surface area contributed by atoms with Gasteiger partial charge >= 0.3 is 0 Å². The maximum Gasteiger partial charge on any atom is 0.268 e. The van der Waals surface area contributed by atoms with Crippen LogP contribution in [0.3, 0.4) is 0 Å². The highest BCUT2D eigenvalue weighted by Gasteiger charge is 2.20. The number of rotatable bonds is 6. The maximum atomic E-state index is 13.4. The minimum absolute atomic E-state index is 0.0278. The Morgan fingerprint density at radius 2 is 1.79 bits per heavy atom. The fourth-order valence-electron chi connectivity index (χ4n) is 3.76. The van der Waals surface area contributed by atoms with Crippen molar-refractivity contribution in [1.82, 2.24) is 14.5 Å². The average Bonchev–Trinajstić information content (AvgIpc) is 3.20. The van der Waals surface area contributed by atoms with E-state index in [1.807, 2.05) is 46.5 Å². The van der Waals surface area contributed by atoms with Crippen LogP contribution >= 0.6 is 0 Å². The first-order chi connectivity index (χ1) is 14.0. The van der Waals surface area contributed by atoms with E-state index >= 15 is 0 Å². The maximum absolute atomic E-state index is 13.4. The molecular formula is C22H21F2N3O2.